The summed E-state index contributed by atoms with van der Waals surface area (Å²) < 4.78 is 23.8. The van der Waals surface area contributed by atoms with E-state index in [0.717, 1.165) is 12.0 Å². The van der Waals surface area contributed by atoms with E-state index in [1.165, 1.54) is 17.6 Å². The van der Waals surface area contributed by atoms with Crippen molar-refractivity contribution in [1.82, 2.24) is 4.98 Å². The minimum atomic E-state index is -3.22. The molecule has 0 aliphatic rings. The van der Waals surface area contributed by atoms with Crippen molar-refractivity contribution in [3.8, 4) is 0 Å². The highest BCUT2D eigenvalue weighted by atomic mass is 32.2. The lowest BCUT2D eigenvalue weighted by molar-refractivity contribution is 0.599. The summed E-state index contributed by atoms with van der Waals surface area (Å²) >= 11 is 0. The number of aromatic nitrogens is 1. The fraction of sp³-hybridized carbons (Fsp3) is 0.444. The van der Waals surface area contributed by atoms with E-state index in [1.807, 2.05) is 13.0 Å². The molecule has 0 spiro atoms. The second kappa shape index (κ2) is 3.96. The molecule has 0 atom stereocenters. The van der Waals surface area contributed by atoms with Crippen LogP contribution in [0.25, 0.3) is 0 Å². The zero-order chi connectivity index (χ0) is 10.8. The molecular weight excluding hydrogens is 200 g/mol. The largest absolute Gasteiger partial charge is 0.257 e. The van der Waals surface area contributed by atoms with Gasteiger partial charge in [0.2, 0.25) is 10.0 Å². The standard InChI is InChI=1S/C9H14N2O2S/c1-4-8-6-5-7-10-9(8)11(2)14(3,12)13/h5-7H,4H2,1-3H3. The first-order chi connectivity index (χ1) is 6.46. The van der Waals surface area contributed by atoms with Crippen molar-refractivity contribution < 1.29 is 8.42 Å². The molecule has 0 saturated heterocycles. The summed E-state index contributed by atoms with van der Waals surface area (Å²) in [6, 6.07) is 3.68. The van der Waals surface area contributed by atoms with E-state index < -0.39 is 10.0 Å². The fourth-order valence-electron chi connectivity index (χ4n) is 1.15. The number of pyridine rings is 1. The van der Waals surface area contributed by atoms with E-state index in [1.54, 1.807) is 12.3 Å². The molecule has 14 heavy (non-hydrogen) atoms. The van der Waals surface area contributed by atoms with Crippen molar-refractivity contribution in [2.45, 2.75) is 13.3 Å². The second-order valence-corrected chi connectivity index (χ2v) is 5.08. The molecule has 0 aliphatic heterocycles. The van der Waals surface area contributed by atoms with Gasteiger partial charge in [0.25, 0.3) is 0 Å². The summed E-state index contributed by atoms with van der Waals surface area (Å²) in [5, 5.41) is 0. The fourth-order valence-corrected chi connectivity index (χ4v) is 1.63. The lowest BCUT2D eigenvalue weighted by atomic mass is 10.2. The van der Waals surface area contributed by atoms with Crippen molar-refractivity contribution >= 4 is 15.8 Å². The Labute approximate surface area is 84.6 Å². The maximum absolute atomic E-state index is 11.3. The van der Waals surface area contributed by atoms with Crippen LogP contribution in [-0.2, 0) is 16.4 Å². The van der Waals surface area contributed by atoms with Crippen LogP contribution in [0.4, 0.5) is 5.82 Å². The van der Waals surface area contributed by atoms with Gasteiger partial charge in [0.05, 0.1) is 6.26 Å². The number of aryl methyl sites for hydroxylation is 1. The Morgan fingerprint density at radius 2 is 2.14 bits per heavy atom. The summed E-state index contributed by atoms with van der Waals surface area (Å²) in [6.07, 6.45) is 3.53. The van der Waals surface area contributed by atoms with Crippen molar-refractivity contribution in [3.63, 3.8) is 0 Å². The van der Waals surface area contributed by atoms with Gasteiger partial charge in [-0.05, 0) is 18.1 Å². The predicted molar refractivity (Wildman–Crippen MR) is 56.9 cm³/mol. The Hall–Kier alpha value is -1.10. The number of rotatable bonds is 3. The molecule has 0 unspecified atom stereocenters. The third-order valence-electron chi connectivity index (χ3n) is 2.04. The van der Waals surface area contributed by atoms with Crippen molar-refractivity contribution in [2.24, 2.45) is 0 Å². The number of nitrogens with zero attached hydrogens (tertiary/aromatic N) is 2. The first-order valence-electron chi connectivity index (χ1n) is 4.34. The van der Waals surface area contributed by atoms with Gasteiger partial charge >= 0.3 is 0 Å². The molecule has 4 nitrogen and oxygen atoms in total. The molecule has 1 aromatic heterocycles. The minimum Gasteiger partial charge on any atom is -0.257 e. The number of hydrogen-bond acceptors (Lipinski definition) is 3. The lowest BCUT2D eigenvalue weighted by Gasteiger charge is -2.17. The van der Waals surface area contributed by atoms with E-state index >= 15 is 0 Å². The maximum Gasteiger partial charge on any atom is 0.233 e. The first kappa shape index (κ1) is 11.0. The minimum absolute atomic E-state index is 0.512. The zero-order valence-electron chi connectivity index (χ0n) is 8.56. The Balaban J connectivity index is 3.19. The summed E-state index contributed by atoms with van der Waals surface area (Å²) in [5.41, 5.74) is 0.931. The number of anilines is 1. The second-order valence-electron chi connectivity index (χ2n) is 3.07. The van der Waals surface area contributed by atoms with E-state index in [0.29, 0.717) is 5.82 Å². The number of hydrogen-bond donors (Lipinski definition) is 0. The normalized spacial score (nSPS) is 11.4. The molecule has 0 aromatic carbocycles. The van der Waals surface area contributed by atoms with Gasteiger partial charge in [0.1, 0.15) is 5.82 Å². The zero-order valence-corrected chi connectivity index (χ0v) is 9.37. The molecule has 0 bridgehead atoms. The predicted octanol–water partition coefficient (Wildman–Crippen LogP) is 1.04. The van der Waals surface area contributed by atoms with Gasteiger partial charge in [-0.15, -0.1) is 0 Å². The van der Waals surface area contributed by atoms with Crippen LogP contribution in [0.2, 0.25) is 0 Å². The molecular formula is C9H14N2O2S. The van der Waals surface area contributed by atoms with E-state index in [-0.39, 0.29) is 0 Å². The number of sulfonamides is 1. The highest BCUT2D eigenvalue weighted by molar-refractivity contribution is 7.92. The third kappa shape index (κ3) is 2.23. The van der Waals surface area contributed by atoms with Crippen LogP contribution in [-0.4, -0.2) is 26.7 Å². The van der Waals surface area contributed by atoms with Crippen LogP contribution in [0.1, 0.15) is 12.5 Å². The monoisotopic (exact) mass is 214 g/mol. The summed E-state index contributed by atoms with van der Waals surface area (Å²) in [5.74, 6) is 0.512. The van der Waals surface area contributed by atoms with Crippen LogP contribution in [0.15, 0.2) is 18.3 Å². The van der Waals surface area contributed by atoms with Crippen molar-refractivity contribution in [3.05, 3.63) is 23.9 Å². The summed E-state index contributed by atoms with van der Waals surface area (Å²) in [6.45, 7) is 1.97. The molecule has 0 saturated carbocycles. The molecule has 0 fully saturated rings. The molecule has 0 N–H and O–H groups in total. The lowest BCUT2D eigenvalue weighted by Crippen LogP contribution is -2.26. The van der Waals surface area contributed by atoms with Crippen LogP contribution in [0, 0.1) is 0 Å². The average Bonchev–Trinajstić information content (AvgIpc) is 2.15. The van der Waals surface area contributed by atoms with Crippen molar-refractivity contribution in [1.29, 1.82) is 0 Å². The van der Waals surface area contributed by atoms with Gasteiger partial charge < -0.3 is 0 Å². The van der Waals surface area contributed by atoms with E-state index in [9.17, 15) is 8.42 Å². The van der Waals surface area contributed by atoms with E-state index in [2.05, 4.69) is 4.98 Å². The van der Waals surface area contributed by atoms with Gasteiger partial charge in [-0.1, -0.05) is 13.0 Å². The van der Waals surface area contributed by atoms with Gasteiger partial charge in [-0.3, -0.25) is 4.31 Å². The SMILES string of the molecule is CCc1cccnc1N(C)S(C)(=O)=O. The molecule has 1 rings (SSSR count). The smallest absolute Gasteiger partial charge is 0.233 e. The molecule has 1 aromatic rings. The third-order valence-corrected chi connectivity index (χ3v) is 3.21. The molecule has 0 radical (unpaired) electrons. The molecule has 1 heterocycles. The van der Waals surface area contributed by atoms with Crippen LogP contribution >= 0.6 is 0 Å². The molecule has 5 heteroatoms. The van der Waals surface area contributed by atoms with Gasteiger partial charge in [0, 0.05) is 13.2 Å². The Bertz CT molecular complexity index is 415. The summed E-state index contributed by atoms with van der Waals surface area (Å²) in [4.78, 5) is 4.06. The summed E-state index contributed by atoms with van der Waals surface area (Å²) in [7, 11) is -1.71. The Kier molecular flexibility index (Phi) is 3.10. The first-order valence-corrected chi connectivity index (χ1v) is 6.19. The van der Waals surface area contributed by atoms with Crippen LogP contribution in [0.5, 0.6) is 0 Å². The van der Waals surface area contributed by atoms with Crippen LogP contribution < -0.4 is 4.31 Å². The van der Waals surface area contributed by atoms with Gasteiger partial charge in [-0.25, -0.2) is 13.4 Å². The average molecular weight is 214 g/mol. The van der Waals surface area contributed by atoms with Gasteiger partial charge in [0.15, 0.2) is 0 Å². The van der Waals surface area contributed by atoms with Crippen LogP contribution in [0.3, 0.4) is 0 Å². The maximum atomic E-state index is 11.3. The highest BCUT2D eigenvalue weighted by Gasteiger charge is 2.15. The Morgan fingerprint density at radius 3 is 2.64 bits per heavy atom. The highest BCUT2D eigenvalue weighted by Crippen LogP contribution is 2.17. The molecule has 0 amide bonds. The Morgan fingerprint density at radius 1 is 1.50 bits per heavy atom. The topological polar surface area (TPSA) is 50.3 Å². The van der Waals surface area contributed by atoms with E-state index in [4.69, 9.17) is 0 Å². The van der Waals surface area contributed by atoms with Gasteiger partial charge in [-0.2, -0.15) is 0 Å². The van der Waals surface area contributed by atoms with Crippen molar-refractivity contribution in [2.75, 3.05) is 17.6 Å². The molecule has 0 aliphatic carbocycles. The quantitative estimate of drug-likeness (QED) is 0.755. The molecule has 78 valence electrons.